The highest BCUT2D eigenvalue weighted by Crippen LogP contribution is 2.26. The number of ether oxygens (including phenoxy) is 4. The summed E-state index contributed by atoms with van der Waals surface area (Å²) in [6.45, 7) is 18.8. The van der Waals surface area contributed by atoms with Crippen molar-refractivity contribution in [2.24, 2.45) is 0 Å². The minimum Gasteiger partial charge on any atom is -0.494 e. The first-order valence-corrected chi connectivity index (χ1v) is 53.2. The number of aryl methyl sites for hydroxylation is 2. The van der Waals surface area contributed by atoms with Crippen LogP contribution in [0.25, 0.3) is 0 Å². The second-order valence-electron chi connectivity index (χ2n) is 32.9. The Morgan fingerprint density at radius 2 is 0.396 bits per heavy atom. The number of rotatable bonds is 41. The van der Waals surface area contributed by atoms with Crippen LogP contribution in [0, 0.1) is 106 Å². The first kappa shape index (κ1) is 106. The number of nitriles is 1. The third kappa shape index (κ3) is 45.2. The van der Waals surface area contributed by atoms with E-state index in [1.165, 1.54) is 182 Å². The lowest BCUT2D eigenvalue weighted by atomic mass is 10.1. The van der Waals surface area contributed by atoms with Gasteiger partial charge in [0.2, 0.25) is 0 Å². The summed E-state index contributed by atoms with van der Waals surface area (Å²) >= 11 is 8.42. The molecule has 688 valence electrons. The number of benzene rings is 8. The summed E-state index contributed by atoms with van der Waals surface area (Å²) in [6, 6.07) is 83.8. The molecule has 0 atom stereocenters. The molecule has 0 aliphatic rings. The van der Waals surface area contributed by atoms with E-state index in [1.54, 1.807) is 57.5 Å². The number of thiophene rings is 4. The molecule has 0 saturated heterocycles. The largest absolute Gasteiger partial charge is 0.494 e. The van der Waals surface area contributed by atoms with Gasteiger partial charge in [-0.3, -0.25) is 0 Å². The number of hydrogen-bond acceptors (Lipinski definition) is 10. The van der Waals surface area contributed by atoms with Gasteiger partial charge >= 0.3 is 0 Å². The van der Waals surface area contributed by atoms with Gasteiger partial charge in [-0.1, -0.05) is 309 Å². The van der Waals surface area contributed by atoms with Crippen LogP contribution in [0.2, 0.25) is 0 Å². The molecule has 5 nitrogen and oxygen atoms in total. The van der Waals surface area contributed by atoms with Crippen LogP contribution < -0.4 is 18.9 Å². The number of unbranched alkanes of at least 4 members (excludes halogenated alkanes) is 22. The van der Waals surface area contributed by atoms with E-state index < -0.39 is 0 Å². The van der Waals surface area contributed by atoms with Crippen molar-refractivity contribution in [3.8, 4) is 124 Å². The Bertz CT molecular complexity index is 5830. The van der Waals surface area contributed by atoms with E-state index in [0.29, 0.717) is 5.56 Å². The lowest BCUT2D eigenvalue weighted by Crippen LogP contribution is -1.97. The highest BCUT2D eigenvalue weighted by Gasteiger charge is 2.07. The maximum atomic E-state index is 8.85. The maximum absolute atomic E-state index is 8.85. The van der Waals surface area contributed by atoms with Gasteiger partial charge < -0.3 is 18.9 Å². The minimum absolute atomic E-state index is 0.640. The summed E-state index contributed by atoms with van der Waals surface area (Å²) in [5, 5.41) is 8.85. The molecule has 10 heteroatoms. The van der Waals surface area contributed by atoms with Crippen LogP contribution in [-0.2, 0) is 12.8 Å². The second kappa shape index (κ2) is 66.5. The predicted octanol–water partition coefficient (Wildman–Crippen LogP) is 33.2. The summed E-state index contributed by atoms with van der Waals surface area (Å²) in [7, 11) is 0. The average Bonchev–Trinajstić information content (AvgIpc) is 1.76. The molecule has 0 radical (unpaired) electrons. The SMILES string of the molecule is CCCCCCCOc1ccc(C#Cc2ccc(C#Cc3ccc(C#N)cc3)s2)cc1.CCCCCCCOc1ccc(C#Cc2ccc(C#Cc3ccc(CCCCC)cc3)s2)cc1.CCCCCCCOc1ccc(C#Cc2ccc(C#Cc3ccc(OCCCCCCC)cc3)s2)cc1.CCCCCSc1ccc(C#Cc2ccc(C#Cc3ccc(CCCCC)cc3)s2)cc1. The topological polar surface area (TPSA) is 60.7 Å². The molecule has 0 saturated carbocycles. The van der Waals surface area contributed by atoms with E-state index in [1.807, 2.05) is 145 Å². The van der Waals surface area contributed by atoms with Gasteiger partial charge in [0.05, 0.1) is 77.1 Å². The first-order chi connectivity index (χ1) is 66.1. The summed E-state index contributed by atoms with van der Waals surface area (Å²) in [5.74, 6) is 56.8. The maximum Gasteiger partial charge on any atom is 0.119 e. The Morgan fingerprint density at radius 3 is 0.627 bits per heavy atom. The van der Waals surface area contributed by atoms with Crippen molar-refractivity contribution in [2.75, 3.05) is 32.2 Å². The van der Waals surface area contributed by atoms with Crippen molar-refractivity contribution >= 4 is 57.1 Å². The molecule has 12 aromatic rings. The molecule has 4 aromatic heterocycles. The molecule has 0 bridgehead atoms. The molecule has 0 unspecified atom stereocenters. The molecule has 0 spiro atoms. The van der Waals surface area contributed by atoms with Gasteiger partial charge in [-0.05, 0) is 293 Å². The van der Waals surface area contributed by atoms with E-state index in [9.17, 15) is 0 Å². The van der Waals surface area contributed by atoms with Crippen LogP contribution in [0.1, 0.15) is 335 Å². The Hall–Kier alpha value is -11.9. The quantitative estimate of drug-likeness (QED) is 0.0216. The van der Waals surface area contributed by atoms with Crippen molar-refractivity contribution < 1.29 is 18.9 Å². The highest BCUT2D eigenvalue weighted by molar-refractivity contribution is 7.99. The van der Waals surface area contributed by atoms with Crippen LogP contribution in [-0.4, -0.2) is 32.2 Å². The molecule has 0 amide bonds. The smallest absolute Gasteiger partial charge is 0.119 e. The zero-order valence-corrected chi connectivity index (χ0v) is 84.3. The van der Waals surface area contributed by atoms with Gasteiger partial charge in [0, 0.05) is 49.4 Å². The van der Waals surface area contributed by atoms with Gasteiger partial charge in [0.25, 0.3) is 0 Å². The number of hydrogen-bond donors (Lipinski definition) is 0. The van der Waals surface area contributed by atoms with E-state index in [4.69, 9.17) is 24.2 Å². The molecule has 134 heavy (non-hydrogen) atoms. The van der Waals surface area contributed by atoms with Crippen LogP contribution >= 0.6 is 57.1 Å². The molecule has 4 heterocycles. The third-order valence-electron chi connectivity index (χ3n) is 21.5. The van der Waals surface area contributed by atoms with E-state index in [-0.39, 0.29) is 0 Å². The number of thioether (sulfide) groups is 1. The van der Waals surface area contributed by atoms with Gasteiger partial charge in [-0.25, -0.2) is 0 Å². The lowest BCUT2D eigenvalue weighted by molar-refractivity contribution is 0.304. The Labute approximate surface area is 825 Å². The predicted molar refractivity (Wildman–Crippen MR) is 575 cm³/mol. The monoisotopic (exact) mass is 1860 g/mol. The summed E-state index contributed by atoms with van der Waals surface area (Å²) in [5.41, 5.74) is 11.5. The normalized spacial score (nSPS) is 10.1. The van der Waals surface area contributed by atoms with Gasteiger partial charge in [0.15, 0.2) is 0 Å². The zero-order valence-electron chi connectivity index (χ0n) is 80.2. The standard InChI is InChI=1S/C34H40O2S.C32H36OS.C30H32S2.C28H25NOS/c1-3-5-7-9-11-27-35-31-19-13-29(14-20-31)17-23-33-25-26-34(37-33)24-18-30-15-21-32(22-16-30)36-28-12-10-8-6-4-2;1-3-5-7-8-10-26-33-30-20-16-29(17-21-30)19-23-32-25-24-31(34-32)22-18-28-14-12-27(13-15-28)11-9-6-4-2;1-3-5-7-9-25-10-12-26(13-11-25)16-20-29-22-23-30(32-29)21-17-27-14-18-28(19-15-27)31-24-8-6-4-2;1-2-3-4-5-6-21-30-26-15-11-24(12-16-26)14-18-28-20-19-27(31-28)17-13-23-7-9-25(22-29)10-8-23/h13-16,19-22,25-26H,3-12,27-28H2,1-2H3;12-17,20-21,24-25H,3-11,26H2,1-2H3;10-15,18-19,22-23H,3-9,24H2,1-2H3;7-12,15-16,19-20H,2-6,21H2,1H3. The van der Waals surface area contributed by atoms with Gasteiger partial charge in [0.1, 0.15) is 23.0 Å². The van der Waals surface area contributed by atoms with E-state index >= 15 is 0 Å². The highest BCUT2D eigenvalue weighted by atomic mass is 32.2. The van der Waals surface area contributed by atoms with Gasteiger partial charge in [-0.15, -0.1) is 57.1 Å². The fraction of sp³-hybridized carbons (Fsp3) is 0.347. The molecular formula is C124H133NO4S5. The Balaban J connectivity index is 0.000000201. The first-order valence-electron chi connectivity index (χ1n) is 48.9. The molecule has 0 aliphatic heterocycles. The lowest BCUT2D eigenvalue weighted by Gasteiger charge is -2.05. The number of nitrogens with zero attached hydrogens (tertiary/aromatic N) is 1. The molecule has 12 rings (SSSR count). The van der Waals surface area contributed by atoms with Crippen molar-refractivity contribution in [1.82, 2.24) is 0 Å². The fourth-order valence-electron chi connectivity index (χ4n) is 13.6. The Morgan fingerprint density at radius 1 is 0.201 bits per heavy atom. The van der Waals surface area contributed by atoms with E-state index in [2.05, 4.69) is 246 Å². The minimum atomic E-state index is 0.640. The average molecular weight is 1860 g/mol. The molecule has 0 N–H and O–H groups in total. The van der Waals surface area contributed by atoms with Crippen LogP contribution in [0.15, 0.2) is 248 Å². The van der Waals surface area contributed by atoms with Crippen molar-refractivity contribution in [2.45, 2.75) is 252 Å². The summed E-state index contributed by atoms with van der Waals surface area (Å²) in [6.07, 6.45) is 38.8. The molecule has 0 fully saturated rings. The summed E-state index contributed by atoms with van der Waals surface area (Å²) < 4.78 is 23.3. The Kier molecular flexibility index (Phi) is 52.5. The molecule has 0 aliphatic carbocycles. The second-order valence-corrected chi connectivity index (χ2v) is 38.4. The molecule has 8 aromatic carbocycles. The van der Waals surface area contributed by atoms with Crippen molar-refractivity contribution in [3.63, 3.8) is 0 Å². The van der Waals surface area contributed by atoms with Crippen LogP contribution in [0.4, 0.5) is 0 Å². The van der Waals surface area contributed by atoms with Crippen LogP contribution in [0.3, 0.4) is 0 Å². The van der Waals surface area contributed by atoms with E-state index in [0.717, 1.165) is 171 Å². The third-order valence-corrected chi connectivity index (χ3v) is 26.2. The van der Waals surface area contributed by atoms with Gasteiger partial charge in [-0.2, -0.15) is 5.26 Å². The van der Waals surface area contributed by atoms with Crippen LogP contribution in [0.5, 0.6) is 23.0 Å². The van der Waals surface area contributed by atoms with Crippen molar-refractivity contribution in [1.29, 1.82) is 5.26 Å². The molecular weight excluding hydrogens is 1730 g/mol. The fourth-order valence-corrected chi connectivity index (χ4v) is 17.3. The zero-order chi connectivity index (χ0) is 94.0. The summed E-state index contributed by atoms with van der Waals surface area (Å²) in [4.78, 5) is 9.49. The van der Waals surface area contributed by atoms with Crippen molar-refractivity contribution in [3.05, 3.63) is 343 Å².